The number of carbonyl (C=O) groups excluding carboxylic acids is 3. The number of carboxylic acids is 1. The third kappa shape index (κ3) is 18.9. The number of hydrogen-bond acceptors (Lipinski definition) is 24. The summed E-state index contributed by atoms with van der Waals surface area (Å²) in [5, 5.41) is 40.9. The lowest BCUT2D eigenvalue weighted by molar-refractivity contribution is -0.347. The zero-order chi connectivity index (χ0) is 44.6. The number of phosphoric ester groups is 3. The molecule has 1 fully saturated rings. The smallest absolute Gasteiger partial charge is 0.300 e. The van der Waals surface area contributed by atoms with Gasteiger partial charge in [-0.3, -0.25) is 32.9 Å². The van der Waals surface area contributed by atoms with Gasteiger partial charge in [-0.1, -0.05) is 25.6 Å². The van der Waals surface area contributed by atoms with Gasteiger partial charge >= 0.3 is 0 Å². The zero-order valence-corrected chi connectivity index (χ0v) is 34.9. The number of nitrogens with zero attached hydrogens (tertiary/aromatic N) is 4. The van der Waals surface area contributed by atoms with Gasteiger partial charge in [-0.15, -0.1) is 0 Å². The molecule has 3 rings (SSSR count). The van der Waals surface area contributed by atoms with Crippen LogP contribution in [0.5, 0.6) is 0 Å². The number of ether oxygens (including phenoxy) is 1. The number of thioether (sulfide) groups is 1. The molecule has 1 aliphatic heterocycles. The summed E-state index contributed by atoms with van der Waals surface area (Å²) in [7, 11) is -17.6. The quantitative estimate of drug-likeness (QED) is 0.0526. The number of imidazole rings is 1. The maximum atomic E-state index is 12.4. The van der Waals surface area contributed by atoms with Crippen LogP contribution in [-0.4, -0.2) is 126 Å². The van der Waals surface area contributed by atoms with Crippen LogP contribution in [0.15, 0.2) is 12.7 Å². The van der Waals surface area contributed by atoms with Crippen LogP contribution in [-0.2, 0) is 55.5 Å². The highest BCUT2D eigenvalue weighted by Crippen LogP contribution is 2.56. The number of aromatic nitrogens is 4. The number of aliphatic hydroxyl groups is 3. The van der Waals surface area contributed by atoms with Crippen molar-refractivity contribution in [2.75, 3.05) is 44.4 Å². The minimum absolute atomic E-state index is 0.0209. The lowest BCUT2D eigenvalue weighted by atomic mass is 9.87. The van der Waals surface area contributed by atoms with E-state index in [1.54, 1.807) is 6.92 Å². The number of aliphatic hydroxyl groups excluding tert-OH is 3. The number of phosphoric acid groups is 3. The van der Waals surface area contributed by atoms with E-state index >= 15 is 0 Å². The molecule has 1 aliphatic rings. The van der Waals surface area contributed by atoms with E-state index in [4.69, 9.17) is 25.5 Å². The van der Waals surface area contributed by atoms with Crippen LogP contribution in [0, 0.1) is 5.41 Å². The van der Waals surface area contributed by atoms with Crippen molar-refractivity contribution in [1.82, 2.24) is 30.2 Å². The fourth-order valence-corrected chi connectivity index (χ4v) is 7.53. The summed E-state index contributed by atoms with van der Waals surface area (Å²) in [6.45, 7) is 4.51. The molecule has 7 atom stereocenters. The number of nitrogen functional groups attached to an aromatic ring is 1. The van der Waals surface area contributed by atoms with Crippen molar-refractivity contribution in [3.05, 3.63) is 12.7 Å². The van der Waals surface area contributed by atoms with Crippen molar-refractivity contribution in [1.29, 1.82) is 0 Å². The maximum Gasteiger partial charge on any atom is 0.300 e. The van der Waals surface area contributed by atoms with Gasteiger partial charge in [-0.2, -0.15) is 0 Å². The first-order valence-corrected chi connectivity index (χ1v) is 21.8. The monoisotopic (exact) mass is 911 g/mol. The third-order valence-corrected chi connectivity index (χ3v) is 10.6. The number of aliphatic carboxylic acids is 1. The maximum absolute atomic E-state index is 12.4. The number of nitrogens with two attached hydrogens (primary N) is 1. The van der Waals surface area contributed by atoms with Crippen LogP contribution < -0.4 is 35.9 Å². The molecule has 8 N–H and O–H groups in total. The largest absolute Gasteiger partial charge is 0.790 e. The molecular weight excluding hydrogens is 867 g/mol. The second-order valence-electron chi connectivity index (χ2n) is 12.2. The van der Waals surface area contributed by atoms with Crippen molar-refractivity contribution >= 4 is 75.1 Å². The number of fused-ring (bicyclic) bond motifs is 1. The van der Waals surface area contributed by atoms with E-state index in [9.17, 15) is 57.9 Å². The summed E-state index contributed by atoms with van der Waals surface area (Å²) in [5.41, 5.74) is 4.07. The second-order valence-corrected chi connectivity index (χ2v) is 17.5. The molecule has 0 aliphatic carbocycles. The number of carbonyl (C=O) groups is 4. The molecule has 2 aromatic heterocycles. The molecule has 0 radical (unpaired) electrons. The lowest BCUT2D eigenvalue weighted by Crippen LogP contribution is -2.46. The van der Waals surface area contributed by atoms with Gasteiger partial charge in [0, 0.05) is 51.1 Å². The average Bonchev–Trinajstić information content (AvgIpc) is 3.64. The summed E-state index contributed by atoms with van der Waals surface area (Å²) in [6, 6.07) is 0. The summed E-state index contributed by atoms with van der Waals surface area (Å²) >= 11 is 1.01. The molecule has 3 heterocycles. The molecule has 0 aromatic carbocycles. The predicted octanol–water partition coefficient (Wildman–Crippen LogP) is -3.75. The molecular formula is C27H44N7O20P3S-4. The van der Waals surface area contributed by atoms with Crippen molar-refractivity contribution in [3.63, 3.8) is 0 Å². The topological polar surface area (TPSA) is 432 Å². The Labute approximate surface area is 334 Å². The predicted molar refractivity (Wildman–Crippen MR) is 190 cm³/mol. The molecule has 1 saturated heterocycles. The lowest BCUT2D eigenvalue weighted by Gasteiger charge is -2.36. The first-order chi connectivity index (χ1) is 26.7. The van der Waals surface area contributed by atoms with E-state index in [1.165, 1.54) is 20.8 Å². The van der Waals surface area contributed by atoms with Crippen LogP contribution >= 0.6 is 35.2 Å². The standard InChI is InChI=1S/C23H38N7O17P3S.C2H4O2.C2H6O/c1-12(31)51-7-6-25-14(32)4-5-26-21(35)18(34)23(2,3)9-44-50(41,42)47-49(39,40)43-8-13-17(46-48(36,37)38)16(33)22(45-13)30-11-29-15-19(24)27-10-28-20(15)30;1-2(3)4;1-2-3/h10-11,13,16-18,22,33-34H,4-9H2,1-3H3,(H,25,32)(H,26,35)(H,39,40)(H,41,42)(H2,24,27,28)(H2,36,37,38);1H3,(H,3,4);3H,2H2,1H3/p-4. The average molecular weight is 912 g/mol. The molecule has 0 bridgehead atoms. The first kappa shape index (κ1) is 53.0. The van der Waals surface area contributed by atoms with Gasteiger partial charge in [-0.05, 0) is 6.92 Å². The molecule has 0 saturated carbocycles. The van der Waals surface area contributed by atoms with Crippen molar-refractivity contribution < 1.29 is 95.5 Å². The van der Waals surface area contributed by atoms with Crippen molar-refractivity contribution in [2.45, 2.75) is 71.7 Å². The van der Waals surface area contributed by atoms with Crippen LogP contribution in [0.3, 0.4) is 0 Å². The summed E-state index contributed by atoms with van der Waals surface area (Å²) in [4.78, 5) is 103. The normalized spacial score (nSPS) is 20.6. The Morgan fingerprint density at radius 2 is 1.64 bits per heavy atom. The van der Waals surface area contributed by atoms with Crippen LogP contribution in [0.2, 0.25) is 0 Å². The molecule has 27 nitrogen and oxygen atoms in total. The van der Waals surface area contributed by atoms with Gasteiger partial charge < -0.3 is 79.2 Å². The molecule has 2 aromatic rings. The van der Waals surface area contributed by atoms with Gasteiger partial charge in [0.2, 0.25) is 11.8 Å². The Kier molecular flexibility index (Phi) is 21.7. The van der Waals surface area contributed by atoms with Gasteiger partial charge in [-0.25, -0.2) is 19.3 Å². The highest BCUT2D eigenvalue weighted by molar-refractivity contribution is 8.13. The number of rotatable bonds is 19. The number of nitrogens with one attached hydrogen (secondary N) is 2. The van der Waals surface area contributed by atoms with Gasteiger partial charge in [0.05, 0.1) is 27.4 Å². The second kappa shape index (κ2) is 23.7. The number of carboxylic acid groups (broad SMARTS) is 1. The van der Waals surface area contributed by atoms with Crippen molar-refractivity contribution in [3.8, 4) is 0 Å². The Morgan fingerprint density at radius 3 is 2.21 bits per heavy atom. The first-order valence-electron chi connectivity index (χ1n) is 16.4. The van der Waals surface area contributed by atoms with E-state index in [-0.39, 0.29) is 48.2 Å². The molecule has 2 amide bonds. The van der Waals surface area contributed by atoms with E-state index in [1.807, 2.05) is 0 Å². The van der Waals surface area contributed by atoms with E-state index < -0.39 is 90.5 Å². The summed E-state index contributed by atoms with van der Waals surface area (Å²) in [5.74, 6) is -2.03. The van der Waals surface area contributed by atoms with E-state index in [0.29, 0.717) is 5.75 Å². The summed E-state index contributed by atoms with van der Waals surface area (Å²) in [6.07, 6.45) is -7.55. The minimum Gasteiger partial charge on any atom is -0.790 e. The number of hydrogen-bond donors (Lipinski definition) is 7. The Bertz CT molecular complexity index is 1830. The Hall–Kier alpha value is -3.01. The van der Waals surface area contributed by atoms with Gasteiger partial charge in [0.15, 0.2) is 22.8 Å². The number of amides is 2. The number of anilines is 1. The van der Waals surface area contributed by atoms with Crippen LogP contribution in [0.1, 0.15) is 47.3 Å². The fraction of sp³-hybridized carbons (Fsp3) is 0.667. The Balaban J connectivity index is 0.00000222. The Morgan fingerprint density at radius 1 is 1.05 bits per heavy atom. The van der Waals surface area contributed by atoms with Gasteiger partial charge in [0.25, 0.3) is 21.6 Å². The SMILES string of the molecule is CC(=O)O.CC(=O)SCCNC(=O)CCNC(=O)C(O)C(C)(C)COP(=O)([O-])OP(=O)([O-])OCC1OC(n2cnc3c(N)ncnc32)C(O)C1OP(=O)([O-])[O-].CCO. The van der Waals surface area contributed by atoms with Gasteiger partial charge in [0.1, 0.15) is 36.3 Å². The third-order valence-electron chi connectivity index (χ3n) is 6.78. The van der Waals surface area contributed by atoms with Crippen LogP contribution in [0.25, 0.3) is 11.2 Å². The molecule has 0 spiro atoms. The highest BCUT2D eigenvalue weighted by Gasteiger charge is 2.47. The summed E-state index contributed by atoms with van der Waals surface area (Å²) < 4.78 is 60.2. The highest BCUT2D eigenvalue weighted by atomic mass is 32.2. The molecule has 332 valence electrons. The fourth-order valence-electron chi connectivity index (χ4n) is 4.30. The van der Waals surface area contributed by atoms with Crippen molar-refractivity contribution in [2.24, 2.45) is 5.41 Å². The molecule has 31 heteroatoms. The minimum atomic E-state index is -5.90. The molecule has 58 heavy (non-hydrogen) atoms. The van der Waals surface area contributed by atoms with E-state index in [0.717, 1.165) is 35.9 Å². The molecule has 7 unspecified atom stereocenters. The van der Waals surface area contributed by atoms with E-state index in [2.05, 4.69) is 43.5 Å². The zero-order valence-electron chi connectivity index (χ0n) is 31.4. The van der Waals surface area contributed by atoms with Crippen LogP contribution in [0.4, 0.5) is 5.82 Å².